The molecule has 0 unspecified atom stereocenters. The van der Waals surface area contributed by atoms with E-state index in [2.05, 4.69) is 24.0 Å². The fourth-order valence-electron chi connectivity index (χ4n) is 6.87. The summed E-state index contributed by atoms with van der Waals surface area (Å²) in [5.41, 5.74) is 5.94. The molecule has 2 aliphatic rings. The summed E-state index contributed by atoms with van der Waals surface area (Å²) in [6.07, 6.45) is 5.84. The maximum Gasteiger partial charge on any atom is 0.222 e. The van der Waals surface area contributed by atoms with E-state index in [-0.39, 0.29) is 25.4 Å². The average molecular weight is 769 g/mol. The maximum atomic E-state index is 13.2. The van der Waals surface area contributed by atoms with Gasteiger partial charge in [0.2, 0.25) is 5.91 Å². The number of hydrogen-bond acceptors (Lipinski definition) is 10. The van der Waals surface area contributed by atoms with Gasteiger partial charge in [0.15, 0.2) is 0 Å². The summed E-state index contributed by atoms with van der Waals surface area (Å²) in [5, 5.41) is 58.8. The highest BCUT2D eigenvalue weighted by Crippen LogP contribution is 2.53. The SMILES string of the molecule is Cc1cc(COC2(c3cnccc3-c3ccccc3OC3CC3)CC2)c(Cl)cc1CCCCN(CCCCCO)C(=O)CC[C@H](O)[C@@H](O)[C@H](O)[C@H](O)CO. The maximum absolute atomic E-state index is 13.2. The van der Waals surface area contributed by atoms with Crippen molar-refractivity contribution in [2.45, 2.75) is 127 Å². The van der Waals surface area contributed by atoms with Gasteiger partial charge >= 0.3 is 0 Å². The number of benzene rings is 2. The zero-order chi connectivity index (χ0) is 38.7. The summed E-state index contributed by atoms with van der Waals surface area (Å²) in [7, 11) is 0. The molecule has 1 amide bonds. The van der Waals surface area contributed by atoms with Gasteiger partial charge in [0.1, 0.15) is 24.1 Å². The van der Waals surface area contributed by atoms with Gasteiger partial charge in [-0.1, -0.05) is 35.9 Å². The first-order chi connectivity index (χ1) is 26.1. The minimum absolute atomic E-state index is 0.0517. The zero-order valence-corrected chi connectivity index (χ0v) is 32.0. The highest BCUT2D eigenvalue weighted by atomic mass is 35.5. The first-order valence-corrected chi connectivity index (χ1v) is 19.8. The normalized spacial score (nSPS) is 17.1. The van der Waals surface area contributed by atoms with E-state index in [0.717, 1.165) is 96.9 Å². The molecule has 296 valence electrons. The van der Waals surface area contributed by atoms with Crippen molar-refractivity contribution < 1.29 is 44.9 Å². The molecule has 2 aliphatic carbocycles. The summed E-state index contributed by atoms with van der Waals surface area (Å²) in [5.74, 6) is 0.703. The van der Waals surface area contributed by atoms with Gasteiger partial charge in [0, 0.05) is 54.7 Å². The lowest BCUT2D eigenvalue weighted by Crippen LogP contribution is -2.46. The fraction of sp³-hybridized carbons (Fsp3) is 0.571. The lowest BCUT2D eigenvalue weighted by atomic mass is 9.96. The van der Waals surface area contributed by atoms with E-state index in [0.29, 0.717) is 37.2 Å². The topological polar surface area (TPSA) is 173 Å². The number of carbonyl (C=O) groups excluding carboxylic acids is 1. The standard InChI is InChI=1S/C42H57ClN2O9/c1-28-23-30(27-53-42(17-18-42)34-25-44-19-16-32(34)33-10-3-4-11-38(33)54-31-12-13-31)35(43)24-29(28)9-5-7-21-45(20-6-2-8-22-46)39(50)15-14-36(48)40(51)41(52)37(49)26-47/h3-4,10-11,16,19,23-25,31,36-37,40-41,46-49,51-52H,2,5-9,12-15,17-18,20-22,26-27H2,1H3/t36-,37+,40+,41+/m0/s1. The highest BCUT2D eigenvalue weighted by Gasteiger charge is 2.48. The van der Waals surface area contributed by atoms with Gasteiger partial charge in [-0.3, -0.25) is 9.78 Å². The number of aryl methyl sites for hydroxylation is 2. The van der Waals surface area contributed by atoms with Crippen LogP contribution in [0.25, 0.3) is 11.1 Å². The number of para-hydroxylation sites is 1. The number of rotatable bonds is 24. The van der Waals surface area contributed by atoms with Gasteiger partial charge in [-0.15, -0.1) is 0 Å². The molecule has 3 aromatic rings. The average Bonchev–Trinajstić information content (AvgIpc) is 4.13. The van der Waals surface area contributed by atoms with Crippen LogP contribution in [0.3, 0.4) is 0 Å². The molecule has 6 N–H and O–H groups in total. The Morgan fingerprint density at radius 2 is 1.65 bits per heavy atom. The van der Waals surface area contributed by atoms with Crippen LogP contribution in [-0.4, -0.2) is 103 Å². The van der Waals surface area contributed by atoms with Crippen LogP contribution in [0.1, 0.15) is 92.9 Å². The number of aliphatic hydroxyl groups is 6. The smallest absolute Gasteiger partial charge is 0.222 e. The van der Waals surface area contributed by atoms with Crippen LogP contribution in [0, 0.1) is 6.92 Å². The van der Waals surface area contributed by atoms with Crippen molar-refractivity contribution >= 4 is 17.5 Å². The lowest BCUT2D eigenvalue weighted by molar-refractivity contribution is -0.135. The third-order valence-electron chi connectivity index (χ3n) is 10.6. The molecule has 0 spiro atoms. The number of unbranched alkanes of at least 4 members (excludes halogenated alkanes) is 3. The molecule has 2 saturated carbocycles. The predicted molar refractivity (Wildman–Crippen MR) is 206 cm³/mol. The van der Waals surface area contributed by atoms with E-state index in [1.54, 1.807) is 4.90 Å². The number of halogens is 1. The molecule has 1 aromatic heterocycles. The van der Waals surface area contributed by atoms with Crippen LogP contribution >= 0.6 is 11.6 Å². The molecule has 4 atom stereocenters. The van der Waals surface area contributed by atoms with Crippen LogP contribution < -0.4 is 4.74 Å². The summed E-state index contributed by atoms with van der Waals surface area (Å²) in [4.78, 5) is 19.4. The molecule has 54 heavy (non-hydrogen) atoms. The molecular formula is C42H57ClN2O9. The van der Waals surface area contributed by atoms with Crippen LogP contribution in [0.4, 0.5) is 0 Å². The predicted octanol–water partition coefficient (Wildman–Crippen LogP) is 4.99. The number of aromatic nitrogens is 1. The van der Waals surface area contributed by atoms with Gasteiger partial charge < -0.3 is 45.0 Å². The molecule has 5 rings (SSSR count). The van der Waals surface area contributed by atoms with Crippen molar-refractivity contribution in [2.75, 3.05) is 26.3 Å². The Labute approximate surface area is 323 Å². The van der Waals surface area contributed by atoms with Crippen molar-refractivity contribution in [3.8, 4) is 16.9 Å². The number of carbonyl (C=O) groups is 1. The Kier molecular flexibility index (Phi) is 15.7. The molecule has 2 fully saturated rings. The number of nitrogens with zero attached hydrogens (tertiary/aromatic N) is 2. The summed E-state index contributed by atoms with van der Waals surface area (Å²) < 4.78 is 12.9. The molecule has 0 aliphatic heterocycles. The fourth-order valence-corrected chi connectivity index (χ4v) is 7.11. The van der Waals surface area contributed by atoms with Crippen LogP contribution in [0.15, 0.2) is 54.9 Å². The second-order valence-corrected chi connectivity index (χ2v) is 15.3. The molecular weight excluding hydrogens is 712 g/mol. The van der Waals surface area contributed by atoms with Crippen molar-refractivity contribution in [2.24, 2.45) is 0 Å². The van der Waals surface area contributed by atoms with E-state index in [9.17, 15) is 25.2 Å². The first kappa shape index (κ1) is 42.0. The summed E-state index contributed by atoms with van der Waals surface area (Å²) >= 11 is 6.85. The summed E-state index contributed by atoms with van der Waals surface area (Å²) in [6, 6.07) is 14.3. The number of pyridine rings is 1. The van der Waals surface area contributed by atoms with Gasteiger partial charge in [0.05, 0.1) is 31.0 Å². The van der Waals surface area contributed by atoms with Crippen LogP contribution in [-0.2, 0) is 28.2 Å². The van der Waals surface area contributed by atoms with E-state index in [1.807, 2.05) is 42.7 Å². The van der Waals surface area contributed by atoms with E-state index < -0.39 is 36.6 Å². The Hall–Kier alpha value is -3.13. The third kappa shape index (κ3) is 11.5. The quantitative estimate of drug-likeness (QED) is 0.0683. The number of amides is 1. The van der Waals surface area contributed by atoms with Crippen LogP contribution in [0.2, 0.25) is 5.02 Å². The minimum atomic E-state index is -1.73. The molecule has 0 saturated heterocycles. The van der Waals surface area contributed by atoms with Crippen molar-refractivity contribution in [1.82, 2.24) is 9.88 Å². The molecule has 12 heteroatoms. The van der Waals surface area contributed by atoms with E-state index >= 15 is 0 Å². The molecule has 0 radical (unpaired) electrons. The number of ether oxygens (including phenoxy) is 2. The second kappa shape index (κ2) is 20.2. The van der Waals surface area contributed by atoms with Crippen molar-refractivity contribution in [3.05, 3.63) is 82.1 Å². The zero-order valence-electron chi connectivity index (χ0n) is 31.3. The Bertz CT molecular complexity index is 1650. The Balaban J connectivity index is 1.15. The minimum Gasteiger partial charge on any atom is -0.490 e. The summed E-state index contributed by atoms with van der Waals surface area (Å²) in [6.45, 7) is 2.78. The van der Waals surface area contributed by atoms with Crippen LogP contribution in [0.5, 0.6) is 5.75 Å². The van der Waals surface area contributed by atoms with E-state index in [4.69, 9.17) is 31.3 Å². The van der Waals surface area contributed by atoms with Crippen molar-refractivity contribution in [3.63, 3.8) is 0 Å². The first-order valence-electron chi connectivity index (χ1n) is 19.4. The largest absolute Gasteiger partial charge is 0.490 e. The number of aliphatic hydroxyl groups excluding tert-OH is 6. The Morgan fingerprint density at radius 3 is 2.35 bits per heavy atom. The highest BCUT2D eigenvalue weighted by molar-refractivity contribution is 6.31. The lowest BCUT2D eigenvalue weighted by Gasteiger charge is -2.27. The molecule has 2 aromatic carbocycles. The van der Waals surface area contributed by atoms with Gasteiger partial charge in [0.25, 0.3) is 0 Å². The van der Waals surface area contributed by atoms with Gasteiger partial charge in [-0.2, -0.15) is 0 Å². The monoisotopic (exact) mass is 768 g/mol. The molecule has 11 nitrogen and oxygen atoms in total. The molecule has 0 bridgehead atoms. The van der Waals surface area contributed by atoms with Gasteiger partial charge in [-0.25, -0.2) is 0 Å². The van der Waals surface area contributed by atoms with Crippen molar-refractivity contribution in [1.29, 1.82) is 0 Å². The molecule has 1 heterocycles. The Morgan fingerprint density at radius 1 is 0.926 bits per heavy atom. The third-order valence-corrected chi connectivity index (χ3v) is 10.9. The second-order valence-electron chi connectivity index (χ2n) is 14.8. The van der Waals surface area contributed by atoms with E-state index in [1.165, 1.54) is 0 Å². The van der Waals surface area contributed by atoms with Gasteiger partial charge in [-0.05, 0) is 118 Å². The number of hydrogen-bond donors (Lipinski definition) is 6.